The second-order valence-electron chi connectivity index (χ2n) is 3.05. The lowest BCUT2D eigenvalue weighted by Gasteiger charge is -2.18. The summed E-state index contributed by atoms with van der Waals surface area (Å²) in [5.74, 6) is 0.364. The summed E-state index contributed by atoms with van der Waals surface area (Å²) in [4.78, 5) is 10.6. The van der Waals surface area contributed by atoms with Gasteiger partial charge in [-0.1, -0.05) is 26.7 Å². The zero-order valence-corrected chi connectivity index (χ0v) is 7.63. The number of Topliss-reactive ketones (excluding diaryl/α,β-unsaturated/α-hetero) is 1. The van der Waals surface area contributed by atoms with Crippen LogP contribution in [0.15, 0.2) is 0 Å². The van der Waals surface area contributed by atoms with Crippen molar-refractivity contribution in [3.63, 3.8) is 0 Å². The van der Waals surface area contributed by atoms with Crippen molar-refractivity contribution < 1.29 is 9.90 Å². The topological polar surface area (TPSA) is 37.3 Å². The first-order valence-electron chi connectivity index (χ1n) is 4.29. The van der Waals surface area contributed by atoms with Gasteiger partial charge in [0.25, 0.3) is 0 Å². The van der Waals surface area contributed by atoms with Crippen molar-refractivity contribution in [3.05, 3.63) is 0 Å². The van der Waals surface area contributed by atoms with Crippen molar-refractivity contribution in [2.45, 2.75) is 46.1 Å². The van der Waals surface area contributed by atoms with Gasteiger partial charge in [-0.3, -0.25) is 4.79 Å². The van der Waals surface area contributed by atoms with Crippen LogP contribution in [-0.4, -0.2) is 17.0 Å². The van der Waals surface area contributed by atoms with Crippen molar-refractivity contribution in [1.82, 2.24) is 0 Å². The lowest BCUT2D eigenvalue weighted by atomic mass is 9.93. The molecule has 1 N–H and O–H groups in total. The number of hydrogen-bond acceptors (Lipinski definition) is 2. The van der Waals surface area contributed by atoms with E-state index in [9.17, 15) is 9.90 Å². The van der Waals surface area contributed by atoms with E-state index in [1.54, 1.807) is 0 Å². The molecule has 2 nitrogen and oxygen atoms in total. The Bertz CT molecular complexity index is 117. The third kappa shape index (κ3) is 4.14. The van der Waals surface area contributed by atoms with Crippen LogP contribution in [0.5, 0.6) is 0 Å². The lowest BCUT2D eigenvalue weighted by Crippen LogP contribution is -2.21. The van der Waals surface area contributed by atoms with Crippen LogP contribution in [0, 0.1) is 5.92 Å². The predicted molar refractivity (Wildman–Crippen MR) is 45.4 cm³/mol. The zero-order valence-electron chi connectivity index (χ0n) is 7.63. The normalized spacial score (nSPS) is 13.5. The molecular weight excluding hydrogens is 140 g/mol. The highest BCUT2D eigenvalue weighted by molar-refractivity contribution is 5.75. The smallest absolute Gasteiger partial charge is 0.132 e. The molecular formula is C9H18O2. The van der Waals surface area contributed by atoms with Gasteiger partial charge in [-0.2, -0.15) is 0 Å². The molecule has 0 aromatic heterocycles. The van der Waals surface area contributed by atoms with Crippen molar-refractivity contribution in [3.8, 4) is 0 Å². The lowest BCUT2D eigenvalue weighted by molar-refractivity contribution is -0.119. The van der Waals surface area contributed by atoms with Gasteiger partial charge in [0.1, 0.15) is 5.78 Å². The van der Waals surface area contributed by atoms with Gasteiger partial charge in [-0.05, 0) is 12.8 Å². The van der Waals surface area contributed by atoms with Gasteiger partial charge >= 0.3 is 0 Å². The molecule has 11 heavy (non-hydrogen) atoms. The molecule has 0 aromatic carbocycles. The molecule has 0 saturated carbocycles. The number of rotatable bonds is 5. The van der Waals surface area contributed by atoms with Crippen molar-refractivity contribution in [1.29, 1.82) is 0 Å². The Hall–Kier alpha value is -0.370. The van der Waals surface area contributed by atoms with Gasteiger partial charge in [0, 0.05) is 6.42 Å². The van der Waals surface area contributed by atoms with E-state index in [2.05, 4.69) is 0 Å². The number of aliphatic hydroxyl groups is 1. The van der Waals surface area contributed by atoms with Crippen molar-refractivity contribution >= 4 is 5.78 Å². The summed E-state index contributed by atoms with van der Waals surface area (Å²) in [6, 6.07) is 0. The fourth-order valence-corrected chi connectivity index (χ4v) is 1.29. The molecule has 0 unspecified atom stereocenters. The van der Waals surface area contributed by atoms with Crippen molar-refractivity contribution in [2.24, 2.45) is 5.92 Å². The number of ketones is 1. The van der Waals surface area contributed by atoms with E-state index in [4.69, 9.17) is 0 Å². The maximum absolute atomic E-state index is 10.6. The summed E-state index contributed by atoms with van der Waals surface area (Å²) >= 11 is 0. The molecule has 0 aliphatic rings. The molecule has 0 saturated heterocycles. The van der Waals surface area contributed by atoms with E-state index < -0.39 is 6.10 Å². The van der Waals surface area contributed by atoms with Gasteiger partial charge < -0.3 is 5.11 Å². The molecule has 0 heterocycles. The molecule has 0 aromatic rings. The molecule has 0 aliphatic carbocycles. The number of aliphatic hydroxyl groups excluding tert-OH is 1. The molecule has 66 valence electrons. The average Bonchev–Trinajstić information content (AvgIpc) is 1.88. The average molecular weight is 158 g/mol. The predicted octanol–water partition coefficient (Wildman–Crippen LogP) is 1.76. The van der Waals surface area contributed by atoms with Crippen LogP contribution in [0.2, 0.25) is 0 Å². The number of hydrogen-bond donors (Lipinski definition) is 1. The molecule has 2 heteroatoms. The quantitative estimate of drug-likeness (QED) is 0.662. The molecule has 0 radical (unpaired) electrons. The maximum Gasteiger partial charge on any atom is 0.132 e. The van der Waals surface area contributed by atoms with Crippen LogP contribution in [0.4, 0.5) is 0 Å². The zero-order chi connectivity index (χ0) is 8.85. The third-order valence-corrected chi connectivity index (χ3v) is 2.09. The summed E-state index contributed by atoms with van der Waals surface area (Å²) in [5, 5.41) is 9.46. The van der Waals surface area contributed by atoms with Crippen molar-refractivity contribution in [2.75, 3.05) is 0 Å². The molecule has 0 fully saturated rings. The minimum absolute atomic E-state index is 0.0735. The molecule has 1 atom stereocenters. The number of carbonyl (C=O) groups excluding carboxylic acids is 1. The van der Waals surface area contributed by atoms with E-state index >= 15 is 0 Å². The highest BCUT2D eigenvalue weighted by atomic mass is 16.3. The second-order valence-corrected chi connectivity index (χ2v) is 3.05. The summed E-state index contributed by atoms with van der Waals surface area (Å²) in [5.41, 5.74) is 0. The van der Waals surface area contributed by atoms with E-state index in [0.717, 1.165) is 12.8 Å². The van der Waals surface area contributed by atoms with Crippen LogP contribution in [-0.2, 0) is 4.79 Å². The molecule has 0 rings (SSSR count). The Balaban J connectivity index is 3.78. The highest BCUT2D eigenvalue weighted by Crippen LogP contribution is 2.15. The Morgan fingerprint density at radius 1 is 1.36 bits per heavy atom. The maximum atomic E-state index is 10.6. The SMILES string of the molecule is CCC(CC)[C@@H](O)CC(C)=O. The minimum atomic E-state index is -0.428. The van der Waals surface area contributed by atoms with E-state index in [-0.39, 0.29) is 5.78 Å². The summed E-state index contributed by atoms with van der Waals surface area (Å²) < 4.78 is 0. The van der Waals surface area contributed by atoms with Gasteiger partial charge in [0.15, 0.2) is 0 Å². The monoisotopic (exact) mass is 158 g/mol. The van der Waals surface area contributed by atoms with E-state index in [1.165, 1.54) is 6.92 Å². The van der Waals surface area contributed by atoms with Crippen LogP contribution in [0.3, 0.4) is 0 Å². The summed E-state index contributed by atoms with van der Waals surface area (Å²) in [6.07, 6.45) is 1.78. The fraction of sp³-hybridized carbons (Fsp3) is 0.889. The summed E-state index contributed by atoms with van der Waals surface area (Å²) in [7, 11) is 0. The first-order valence-corrected chi connectivity index (χ1v) is 4.29. The van der Waals surface area contributed by atoms with Gasteiger partial charge in [-0.25, -0.2) is 0 Å². The van der Waals surface area contributed by atoms with E-state index in [1.807, 2.05) is 13.8 Å². The fourth-order valence-electron chi connectivity index (χ4n) is 1.29. The van der Waals surface area contributed by atoms with Crippen LogP contribution in [0.1, 0.15) is 40.0 Å². The van der Waals surface area contributed by atoms with Crippen LogP contribution < -0.4 is 0 Å². The Labute approximate surface area is 68.6 Å². The Morgan fingerprint density at radius 2 is 1.82 bits per heavy atom. The number of carbonyl (C=O) groups is 1. The van der Waals surface area contributed by atoms with Gasteiger partial charge in [-0.15, -0.1) is 0 Å². The molecule has 0 amide bonds. The van der Waals surface area contributed by atoms with Crippen LogP contribution in [0.25, 0.3) is 0 Å². The standard InChI is InChI=1S/C9H18O2/c1-4-8(5-2)9(11)6-7(3)10/h8-9,11H,4-6H2,1-3H3/t9-/m0/s1. The molecule has 0 spiro atoms. The second kappa shape index (κ2) is 5.30. The largest absolute Gasteiger partial charge is 0.392 e. The van der Waals surface area contributed by atoms with Gasteiger partial charge in [0.2, 0.25) is 0 Å². The Kier molecular flexibility index (Phi) is 5.12. The van der Waals surface area contributed by atoms with Gasteiger partial charge in [0.05, 0.1) is 6.10 Å². The Morgan fingerprint density at radius 3 is 2.09 bits per heavy atom. The first-order chi connectivity index (χ1) is 5.11. The molecule has 0 aliphatic heterocycles. The first kappa shape index (κ1) is 10.6. The minimum Gasteiger partial charge on any atom is -0.392 e. The third-order valence-electron chi connectivity index (χ3n) is 2.09. The highest BCUT2D eigenvalue weighted by Gasteiger charge is 2.16. The van der Waals surface area contributed by atoms with Crippen LogP contribution >= 0.6 is 0 Å². The summed E-state index contributed by atoms with van der Waals surface area (Å²) in [6.45, 7) is 5.60. The molecule has 0 bridgehead atoms. The van der Waals surface area contributed by atoms with E-state index in [0.29, 0.717) is 12.3 Å².